The minimum atomic E-state index is -1.06. The van der Waals surface area contributed by atoms with Gasteiger partial charge in [0.2, 0.25) is 0 Å². The van der Waals surface area contributed by atoms with Crippen molar-refractivity contribution in [1.82, 2.24) is 0 Å². The van der Waals surface area contributed by atoms with Gasteiger partial charge >= 0.3 is 5.97 Å². The summed E-state index contributed by atoms with van der Waals surface area (Å²) in [7, 11) is 0. The van der Waals surface area contributed by atoms with Crippen LogP contribution >= 0.6 is 11.6 Å². The lowest BCUT2D eigenvalue weighted by atomic mass is 10.2. The molecule has 0 saturated carbocycles. The molecule has 0 saturated heterocycles. The van der Waals surface area contributed by atoms with Crippen molar-refractivity contribution in [2.24, 2.45) is 0 Å². The number of carboxylic acid groups (broad SMARTS) is 1. The minimum Gasteiger partial charge on any atom is -0.486 e. The Bertz CT molecular complexity index is 552. The van der Waals surface area contributed by atoms with E-state index in [1.807, 2.05) is 30.3 Å². The van der Waals surface area contributed by atoms with E-state index in [4.69, 9.17) is 21.4 Å². The molecule has 92 valence electrons. The van der Waals surface area contributed by atoms with Gasteiger partial charge < -0.3 is 9.84 Å². The molecule has 0 radical (unpaired) electrons. The fourth-order valence-electron chi connectivity index (χ4n) is 1.55. The first-order chi connectivity index (χ1) is 8.68. The quantitative estimate of drug-likeness (QED) is 0.915. The van der Waals surface area contributed by atoms with E-state index >= 15 is 0 Å². The SMILES string of the molecule is O=C(O)c1cccc(Cl)c1OCc1ccccc1. The standard InChI is InChI=1S/C14H11ClO3/c15-12-8-4-7-11(14(16)17)13(12)18-9-10-5-2-1-3-6-10/h1-8H,9H2,(H,16,17). The first kappa shape index (κ1) is 12.5. The number of para-hydroxylation sites is 1. The Balaban J connectivity index is 2.21. The van der Waals surface area contributed by atoms with Crippen LogP contribution in [0.25, 0.3) is 0 Å². The molecule has 0 fully saturated rings. The van der Waals surface area contributed by atoms with E-state index in [-0.39, 0.29) is 17.9 Å². The van der Waals surface area contributed by atoms with Crippen LogP contribution in [-0.2, 0) is 6.61 Å². The van der Waals surface area contributed by atoms with Crippen molar-refractivity contribution in [3.63, 3.8) is 0 Å². The van der Waals surface area contributed by atoms with Crippen molar-refractivity contribution >= 4 is 17.6 Å². The highest BCUT2D eigenvalue weighted by Gasteiger charge is 2.14. The summed E-state index contributed by atoms with van der Waals surface area (Å²) < 4.78 is 5.50. The third-order valence-corrected chi connectivity index (χ3v) is 2.72. The summed E-state index contributed by atoms with van der Waals surface area (Å²) >= 11 is 5.95. The third-order valence-electron chi connectivity index (χ3n) is 2.42. The fraction of sp³-hybridized carbons (Fsp3) is 0.0714. The van der Waals surface area contributed by atoms with Crippen LogP contribution in [0.2, 0.25) is 5.02 Å². The van der Waals surface area contributed by atoms with Crippen LogP contribution in [0.4, 0.5) is 0 Å². The Morgan fingerprint density at radius 2 is 1.83 bits per heavy atom. The zero-order valence-corrected chi connectivity index (χ0v) is 10.2. The monoisotopic (exact) mass is 262 g/mol. The van der Waals surface area contributed by atoms with Gasteiger partial charge in [-0.05, 0) is 17.7 Å². The average Bonchev–Trinajstić information content (AvgIpc) is 2.38. The maximum atomic E-state index is 11.0. The number of ether oxygens (including phenoxy) is 1. The van der Waals surface area contributed by atoms with Gasteiger partial charge in [0, 0.05) is 0 Å². The first-order valence-electron chi connectivity index (χ1n) is 5.37. The summed E-state index contributed by atoms with van der Waals surface area (Å²) in [6.07, 6.45) is 0. The van der Waals surface area contributed by atoms with Crippen molar-refractivity contribution in [1.29, 1.82) is 0 Å². The van der Waals surface area contributed by atoms with Crippen molar-refractivity contribution in [3.8, 4) is 5.75 Å². The topological polar surface area (TPSA) is 46.5 Å². The molecule has 0 bridgehead atoms. The van der Waals surface area contributed by atoms with E-state index < -0.39 is 5.97 Å². The predicted molar refractivity (Wildman–Crippen MR) is 69.2 cm³/mol. The lowest BCUT2D eigenvalue weighted by Gasteiger charge is -2.10. The van der Waals surface area contributed by atoms with Gasteiger partial charge in [-0.2, -0.15) is 0 Å². The number of hydrogen-bond acceptors (Lipinski definition) is 2. The van der Waals surface area contributed by atoms with Crippen LogP contribution < -0.4 is 4.74 Å². The molecule has 2 aromatic carbocycles. The Morgan fingerprint density at radius 3 is 2.50 bits per heavy atom. The molecule has 0 spiro atoms. The van der Waals surface area contributed by atoms with Gasteiger partial charge in [-0.15, -0.1) is 0 Å². The third kappa shape index (κ3) is 2.81. The molecule has 0 aliphatic rings. The van der Waals surface area contributed by atoms with E-state index in [9.17, 15) is 4.79 Å². The molecule has 18 heavy (non-hydrogen) atoms. The number of rotatable bonds is 4. The smallest absolute Gasteiger partial charge is 0.339 e. The molecule has 2 aromatic rings. The van der Waals surface area contributed by atoms with Crippen LogP contribution in [0.3, 0.4) is 0 Å². The van der Waals surface area contributed by atoms with Crippen LogP contribution in [0.1, 0.15) is 15.9 Å². The summed E-state index contributed by atoms with van der Waals surface area (Å²) in [5, 5.41) is 9.35. The van der Waals surface area contributed by atoms with Crippen molar-refractivity contribution in [2.45, 2.75) is 6.61 Å². The Kier molecular flexibility index (Phi) is 3.85. The predicted octanol–water partition coefficient (Wildman–Crippen LogP) is 3.62. The van der Waals surface area contributed by atoms with Crippen LogP contribution in [0.5, 0.6) is 5.75 Å². The van der Waals surface area contributed by atoms with E-state index in [2.05, 4.69) is 0 Å². The van der Waals surface area contributed by atoms with Crippen LogP contribution in [0.15, 0.2) is 48.5 Å². The Labute approximate surface area is 110 Å². The maximum absolute atomic E-state index is 11.0. The highest BCUT2D eigenvalue weighted by atomic mass is 35.5. The van der Waals surface area contributed by atoms with Gasteiger partial charge in [0.15, 0.2) is 5.75 Å². The molecule has 0 amide bonds. The second kappa shape index (κ2) is 5.56. The number of halogens is 1. The molecule has 0 aromatic heterocycles. The molecule has 0 atom stereocenters. The summed E-state index contributed by atoms with van der Waals surface area (Å²) in [4.78, 5) is 11.0. The largest absolute Gasteiger partial charge is 0.486 e. The van der Waals surface area contributed by atoms with Gasteiger partial charge in [-0.3, -0.25) is 0 Å². The zero-order chi connectivity index (χ0) is 13.0. The molecule has 0 aliphatic carbocycles. The molecule has 4 heteroatoms. The first-order valence-corrected chi connectivity index (χ1v) is 5.75. The molecule has 2 rings (SSSR count). The summed E-state index contributed by atoms with van der Waals surface area (Å²) in [5.74, 6) is -0.851. The van der Waals surface area contributed by atoms with Crippen molar-refractivity contribution in [2.75, 3.05) is 0 Å². The summed E-state index contributed by atoms with van der Waals surface area (Å²) in [6.45, 7) is 0.283. The van der Waals surface area contributed by atoms with Crippen LogP contribution in [0, 0.1) is 0 Å². The molecule has 1 N–H and O–H groups in total. The number of carbonyl (C=O) groups is 1. The molecule has 3 nitrogen and oxygen atoms in total. The lowest BCUT2D eigenvalue weighted by Crippen LogP contribution is -2.03. The second-order valence-electron chi connectivity index (χ2n) is 3.70. The molecular formula is C14H11ClO3. The minimum absolute atomic E-state index is 0.0680. The Morgan fingerprint density at radius 1 is 1.11 bits per heavy atom. The average molecular weight is 263 g/mol. The van der Waals surface area contributed by atoms with Crippen molar-refractivity contribution < 1.29 is 14.6 Å². The zero-order valence-electron chi connectivity index (χ0n) is 9.47. The highest BCUT2D eigenvalue weighted by molar-refractivity contribution is 6.32. The fourth-order valence-corrected chi connectivity index (χ4v) is 1.78. The number of benzene rings is 2. The number of hydrogen-bond donors (Lipinski definition) is 1. The molecular weight excluding hydrogens is 252 g/mol. The van der Waals surface area contributed by atoms with Gasteiger partial charge in [0.1, 0.15) is 12.2 Å². The van der Waals surface area contributed by atoms with Crippen molar-refractivity contribution in [3.05, 3.63) is 64.7 Å². The summed E-state index contributed by atoms with van der Waals surface area (Å²) in [6, 6.07) is 14.1. The molecule has 0 aliphatic heterocycles. The van der Waals surface area contributed by atoms with Gasteiger partial charge in [0.25, 0.3) is 0 Å². The normalized spacial score (nSPS) is 10.1. The van der Waals surface area contributed by atoms with Crippen LogP contribution in [-0.4, -0.2) is 11.1 Å². The lowest BCUT2D eigenvalue weighted by molar-refractivity contribution is 0.0692. The van der Waals surface area contributed by atoms with Gasteiger partial charge in [-0.25, -0.2) is 4.79 Å². The van der Waals surface area contributed by atoms with Gasteiger partial charge in [0.05, 0.1) is 5.02 Å². The van der Waals surface area contributed by atoms with E-state index in [0.717, 1.165) is 5.56 Å². The number of carboxylic acids is 1. The number of aromatic carboxylic acids is 1. The van der Waals surface area contributed by atoms with E-state index in [0.29, 0.717) is 5.02 Å². The molecule has 0 heterocycles. The second-order valence-corrected chi connectivity index (χ2v) is 4.10. The van der Waals surface area contributed by atoms with E-state index in [1.54, 1.807) is 12.1 Å². The highest BCUT2D eigenvalue weighted by Crippen LogP contribution is 2.29. The molecule has 0 unspecified atom stereocenters. The van der Waals surface area contributed by atoms with E-state index in [1.165, 1.54) is 6.07 Å². The maximum Gasteiger partial charge on any atom is 0.339 e. The van der Waals surface area contributed by atoms with Gasteiger partial charge in [-0.1, -0.05) is 48.0 Å². The Hall–Kier alpha value is -2.00. The summed E-state index contributed by atoms with van der Waals surface area (Å²) in [5.41, 5.74) is 1.02.